The van der Waals surface area contributed by atoms with Gasteiger partial charge in [-0.15, -0.1) is 11.3 Å². The van der Waals surface area contributed by atoms with E-state index in [4.69, 9.17) is 10.5 Å². The number of hydrogen-bond acceptors (Lipinski definition) is 4. The molecule has 0 spiro atoms. The van der Waals surface area contributed by atoms with E-state index >= 15 is 0 Å². The molecule has 14 heavy (non-hydrogen) atoms. The second-order valence-corrected chi connectivity index (χ2v) is 4.39. The topological polar surface area (TPSA) is 48.1 Å². The number of unbranched alkanes of at least 4 members (excludes halogenated alkanes) is 1. The van der Waals surface area contributed by atoms with E-state index in [-0.39, 0.29) is 0 Å². The van der Waals surface area contributed by atoms with E-state index in [0.717, 1.165) is 17.0 Å². The second kappa shape index (κ2) is 6.11. The van der Waals surface area contributed by atoms with Crippen molar-refractivity contribution in [1.82, 2.24) is 4.98 Å². The average Bonchev–Trinajstić information content (AvgIpc) is 2.58. The molecule has 0 aliphatic rings. The van der Waals surface area contributed by atoms with Crippen LogP contribution >= 0.6 is 11.3 Å². The summed E-state index contributed by atoms with van der Waals surface area (Å²) in [5.41, 5.74) is 6.66. The standard InChI is InChI=1S/C10H18N2OS/c1-3-4-5-10-12-8(7-13-2)9(6-11)14-10/h3-7,11H2,1-2H3. The SMILES string of the molecule is CCCCc1nc(COC)c(CN)s1. The van der Waals surface area contributed by atoms with Crippen LogP contribution in [0.1, 0.15) is 35.3 Å². The lowest BCUT2D eigenvalue weighted by Crippen LogP contribution is -1.99. The van der Waals surface area contributed by atoms with Crippen LogP contribution < -0.4 is 5.73 Å². The van der Waals surface area contributed by atoms with Crippen molar-refractivity contribution in [3.8, 4) is 0 Å². The minimum atomic E-state index is 0.572. The summed E-state index contributed by atoms with van der Waals surface area (Å²) < 4.78 is 5.08. The van der Waals surface area contributed by atoms with Crippen molar-refractivity contribution >= 4 is 11.3 Å². The van der Waals surface area contributed by atoms with Crippen molar-refractivity contribution in [3.05, 3.63) is 15.6 Å². The van der Waals surface area contributed by atoms with E-state index in [1.165, 1.54) is 17.8 Å². The van der Waals surface area contributed by atoms with E-state index in [2.05, 4.69) is 11.9 Å². The molecule has 0 aromatic carbocycles. The third-order valence-corrected chi connectivity index (χ3v) is 3.21. The monoisotopic (exact) mass is 214 g/mol. The minimum Gasteiger partial charge on any atom is -0.378 e. The highest BCUT2D eigenvalue weighted by Gasteiger charge is 2.08. The van der Waals surface area contributed by atoms with E-state index < -0.39 is 0 Å². The zero-order valence-corrected chi connectivity index (χ0v) is 9.69. The molecule has 3 nitrogen and oxygen atoms in total. The van der Waals surface area contributed by atoms with Crippen molar-refractivity contribution in [2.45, 2.75) is 39.3 Å². The molecule has 4 heteroatoms. The lowest BCUT2D eigenvalue weighted by Gasteiger charge is -1.95. The first-order chi connectivity index (χ1) is 6.81. The summed E-state index contributed by atoms with van der Waals surface area (Å²) in [6.07, 6.45) is 3.47. The first-order valence-corrected chi connectivity index (χ1v) is 5.79. The molecule has 1 heterocycles. The molecule has 0 bridgehead atoms. The molecule has 0 aliphatic heterocycles. The van der Waals surface area contributed by atoms with Crippen LogP contribution in [0.15, 0.2) is 0 Å². The molecule has 0 atom stereocenters. The zero-order valence-electron chi connectivity index (χ0n) is 8.88. The number of rotatable bonds is 6. The molecule has 0 fully saturated rings. The van der Waals surface area contributed by atoms with Crippen molar-refractivity contribution in [2.75, 3.05) is 7.11 Å². The number of methoxy groups -OCH3 is 1. The number of hydrogen-bond donors (Lipinski definition) is 1. The number of aromatic nitrogens is 1. The Morgan fingerprint density at radius 2 is 2.29 bits per heavy atom. The largest absolute Gasteiger partial charge is 0.378 e. The second-order valence-electron chi connectivity index (χ2n) is 3.22. The summed E-state index contributed by atoms with van der Waals surface area (Å²) in [7, 11) is 1.69. The van der Waals surface area contributed by atoms with Crippen LogP contribution in [0.2, 0.25) is 0 Å². The van der Waals surface area contributed by atoms with Crippen LogP contribution in [0.25, 0.3) is 0 Å². The van der Waals surface area contributed by atoms with Crippen LogP contribution in [0.3, 0.4) is 0 Å². The highest BCUT2D eigenvalue weighted by atomic mass is 32.1. The Kier molecular flexibility index (Phi) is 5.07. The number of nitrogens with zero attached hydrogens (tertiary/aromatic N) is 1. The minimum absolute atomic E-state index is 0.572. The summed E-state index contributed by atoms with van der Waals surface area (Å²) in [5.74, 6) is 0. The van der Waals surface area contributed by atoms with E-state index in [1.807, 2.05) is 0 Å². The maximum Gasteiger partial charge on any atom is 0.0932 e. The number of nitrogens with two attached hydrogens (primary N) is 1. The van der Waals surface area contributed by atoms with Crippen molar-refractivity contribution in [1.29, 1.82) is 0 Å². The molecular formula is C10H18N2OS. The molecule has 0 amide bonds. The Bertz CT molecular complexity index is 273. The van der Waals surface area contributed by atoms with E-state index in [0.29, 0.717) is 13.2 Å². The lowest BCUT2D eigenvalue weighted by molar-refractivity contribution is 0.181. The van der Waals surface area contributed by atoms with Gasteiger partial charge < -0.3 is 10.5 Å². The Morgan fingerprint density at radius 1 is 1.50 bits per heavy atom. The fourth-order valence-electron chi connectivity index (χ4n) is 1.28. The van der Waals surface area contributed by atoms with Crippen LogP contribution in [-0.4, -0.2) is 12.1 Å². The van der Waals surface area contributed by atoms with Crippen molar-refractivity contribution in [2.24, 2.45) is 5.73 Å². The van der Waals surface area contributed by atoms with Gasteiger partial charge in [0.1, 0.15) is 0 Å². The molecule has 0 unspecified atom stereocenters. The smallest absolute Gasteiger partial charge is 0.0932 e. The van der Waals surface area contributed by atoms with Crippen LogP contribution in [0.4, 0.5) is 0 Å². The Balaban J connectivity index is 2.67. The number of aryl methyl sites for hydroxylation is 1. The third kappa shape index (κ3) is 3.04. The van der Waals surface area contributed by atoms with Gasteiger partial charge in [0.2, 0.25) is 0 Å². The summed E-state index contributed by atoms with van der Waals surface area (Å²) >= 11 is 1.72. The van der Waals surface area contributed by atoms with Gasteiger partial charge in [-0.2, -0.15) is 0 Å². The molecule has 0 saturated heterocycles. The van der Waals surface area contributed by atoms with E-state index in [9.17, 15) is 0 Å². The van der Waals surface area contributed by atoms with Crippen LogP contribution in [0, 0.1) is 0 Å². The molecule has 0 radical (unpaired) electrons. The van der Waals surface area contributed by atoms with Crippen molar-refractivity contribution < 1.29 is 4.74 Å². The van der Waals surface area contributed by atoms with Crippen LogP contribution in [-0.2, 0) is 24.3 Å². The van der Waals surface area contributed by atoms with Gasteiger partial charge >= 0.3 is 0 Å². The summed E-state index contributed by atoms with van der Waals surface area (Å²) in [6, 6.07) is 0. The van der Waals surface area contributed by atoms with Crippen LogP contribution in [0.5, 0.6) is 0 Å². The highest BCUT2D eigenvalue weighted by molar-refractivity contribution is 7.11. The molecule has 1 rings (SSSR count). The van der Waals surface area contributed by atoms with Gasteiger partial charge in [0.25, 0.3) is 0 Å². The Labute approximate surface area is 89.3 Å². The summed E-state index contributed by atoms with van der Waals surface area (Å²) in [6.45, 7) is 3.34. The summed E-state index contributed by atoms with van der Waals surface area (Å²) in [5, 5.41) is 1.19. The molecule has 2 N–H and O–H groups in total. The first kappa shape index (κ1) is 11.6. The fourth-order valence-corrected chi connectivity index (χ4v) is 2.27. The van der Waals surface area contributed by atoms with Gasteiger partial charge in [0.15, 0.2) is 0 Å². The van der Waals surface area contributed by atoms with Gasteiger partial charge in [-0.05, 0) is 12.8 Å². The van der Waals surface area contributed by atoms with Gasteiger partial charge in [-0.3, -0.25) is 0 Å². The molecule has 0 aliphatic carbocycles. The van der Waals surface area contributed by atoms with Gasteiger partial charge in [0.05, 0.1) is 17.3 Å². The summed E-state index contributed by atoms with van der Waals surface area (Å²) in [4.78, 5) is 5.69. The van der Waals surface area contributed by atoms with Gasteiger partial charge in [-0.25, -0.2) is 4.98 Å². The number of ether oxygens (including phenoxy) is 1. The first-order valence-electron chi connectivity index (χ1n) is 4.98. The maximum absolute atomic E-state index is 5.64. The maximum atomic E-state index is 5.64. The quantitative estimate of drug-likeness (QED) is 0.788. The average molecular weight is 214 g/mol. The van der Waals surface area contributed by atoms with E-state index in [1.54, 1.807) is 18.4 Å². The normalized spacial score (nSPS) is 10.8. The Hall–Kier alpha value is -0.450. The molecular weight excluding hydrogens is 196 g/mol. The predicted molar refractivity (Wildman–Crippen MR) is 59.3 cm³/mol. The Morgan fingerprint density at radius 3 is 2.86 bits per heavy atom. The number of thiazole rings is 1. The van der Waals surface area contributed by atoms with Crippen molar-refractivity contribution in [3.63, 3.8) is 0 Å². The molecule has 1 aromatic rings. The molecule has 80 valence electrons. The predicted octanol–water partition coefficient (Wildman–Crippen LogP) is 2.09. The fraction of sp³-hybridized carbons (Fsp3) is 0.700. The third-order valence-electron chi connectivity index (χ3n) is 2.03. The molecule has 0 saturated carbocycles. The highest BCUT2D eigenvalue weighted by Crippen LogP contribution is 2.20. The van der Waals surface area contributed by atoms with Gasteiger partial charge in [-0.1, -0.05) is 13.3 Å². The molecule has 1 aromatic heterocycles. The lowest BCUT2D eigenvalue weighted by atomic mass is 10.3. The zero-order chi connectivity index (χ0) is 10.4. The van der Waals surface area contributed by atoms with Gasteiger partial charge in [0, 0.05) is 18.5 Å².